The van der Waals surface area contributed by atoms with Crippen LogP contribution in [-0.2, 0) is 14.3 Å². The molecule has 3 fully saturated rings. The summed E-state index contributed by atoms with van der Waals surface area (Å²) in [5.41, 5.74) is 0.543. The van der Waals surface area contributed by atoms with Gasteiger partial charge in [-0.05, 0) is 42.9 Å². The van der Waals surface area contributed by atoms with Crippen LogP contribution in [0.25, 0.3) is 0 Å². The number of ether oxygens (including phenoxy) is 2. The van der Waals surface area contributed by atoms with Gasteiger partial charge in [-0.15, -0.1) is 0 Å². The fourth-order valence-corrected chi connectivity index (χ4v) is 5.46. The lowest BCUT2D eigenvalue weighted by atomic mass is 9.47. The summed E-state index contributed by atoms with van der Waals surface area (Å²) in [6.45, 7) is 11.5. The smallest absolute Gasteiger partial charge is 0.302 e. The summed E-state index contributed by atoms with van der Waals surface area (Å²) in [7, 11) is 0. The Morgan fingerprint density at radius 2 is 1.95 bits per heavy atom. The molecule has 20 heavy (non-hydrogen) atoms. The van der Waals surface area contributed by atoms with Crippen molar-refractivity contribution in [1.29, 1.82) is 0 Å². The highest BCUT2D eigenvalue weighted by atomic mass is 16.6. The Bertz CT molecular complexity index is 430. The van der Waals surface area contributed by atoms with Crippen LogP contribution in [0.2, 0.25) is 0 Å². The van der Waals surface area contributed by atoms with Crippen LogP contribution in [0.3, 0.4) is 0 Å². The van der Waals surface area contributed by atoms with Gasteiger partial charge in [-0.2, -0.15) is 0 Å². The van der Waals surface area contributed by atoms with Crippen molar-refractivity contribution in [2.45, 2.75) is 72.0 Å². The minimum atomic E-state index is -0.174. The van der Waals surface area contributed by atoms with Crippen LogP contribution in [-0.4, -0.2) is 24.3 Å². The van der Waals surface area contributed by atoms with E-state index < -0.39 is 0 Å². The van der Waals surface area contributed by atoms with Gasteiger partial charge in [0.2, 0.25) is 0 Å². The Kier molecular flexibility index (Phi) is 3.03. The summed E-state index contributed by atoms with van der Waals surface area (Å²) >= 11 is 0. The Hall–Kier alpha value is -0.570. The Labute approximate surface area is 122 Å². The highest BCUT2D eigenvalue weighted by Crippen LogP contribution is 2.67. The molecule has 114 valence electrons. The van der Waals surface area contributed by atoms with Gasteiger partial charge < -0.3 is 9.47 Å². The number of hydrogen-bond acceptors (Lipinski definition) is 3. The van der Waals surface area contributed by atoms with Crippen molar-refractivity contribution >= 4 is 5.97 Å². The van der Waals surface area contributed by atoms with Crippen LogP contribution >= 0.6 is 0 Å². The van der Waals surface area contributed by atoms with Crippen LogP contribution in [0.15, 0.2) is 0 Å². The monoisotopic (exact) mass is 280 g/mol. The van der Waals surface area contributed by atoms with Gasteiger partial charge in [-0.3, -0.25) is 4.79 Å². The van der Waals surface area contributed by atoms with E-state index >= 15 is 0 Å². The van der Waals surface area contributed by atoms with E-state index in [0.29, 0.717) is 30.0 Å². The number of carbonyl (C=O) groups is 1. The Morgan fingerprint density at radius 1 is 1.25 bits per heavy atom. The lowest BCUT2D eigenvalue weighted by Gasteiger charge is -2.57. The van der Waals surface area contributed by atoms with Crippen LogP contribution in [0.1, 0.15) is 60.3 Å². The van der Waals surface area contributed by atoms with Gasteiger partial charge >= 0.3 is 5.97 Å². The summed E-state index contributed by atoms with van der Waals surface area (Å²) in [5.74, 6) is 0.832. The molecule has 3 rings (SSSR count). The Balaban J connectivity index is 1.91. The second kappa shape index (κ2) is 4.22. The van der Waals surface area contributed by atoms with E-state index in [1.54, 1.807) is 0 Å². The predicted octanol–water partition coefficient (Wildman–Crippen LogP) is 3.56. The zero-order valence-corrected chi connectivity index (χ0v) is 13.5. The molecular formula is C17H28O3. The van der Waals surface area contributed by atoms with Gasteiger partial charge in [0.25, 0.3) is 0 Å². The van der Waals surface area contributed by atoms with Gasteiger partial charge in [0.05, 0.1) is 18.3 Å². The molecule has 0 spiro atoms. The SMILES string of the molecule is CC(=O)OC[C@H]1[C@]2(C)O[C@@H]2CC2C(C)(C)CCC[C@@]21C. The number of rotatable bonds is 2. The fraction of sp³-hybridized carbons (Fsp3) is 0.941. The van der Waals surface area contributed by atoms with Crippen molar-refractivity contribution in [1.82, 2.24) is 0 Å². The van der Waals surface area contributed by atoms with Crippen molar-refractivity contribution in [2.24, 2.45) is 22.7 Å². The molecule has 0 aromatic rings. The molecule has 5 atom stereocenters. The molecule has 0 N–H and O–H groups in total. The maximum Gasteiger partial charge on any atom is 0.302 e. The molecule has 2 aliphatic carbocycles. The van der Waals surface area contributed by atoms with E-state index in [4.69, 9.17) is 9.47 Å². The molecule has 3 aliphatic rings. The molecule has 0 aromatic carbocycles. The largest absolute Gasteiger partial charge is 0.465 e. The summed E-state index contributed by atoms with van der Waals surface area (Å²) in [6.07, 6.45) is 5.36. The standard InChI is InChI=1S/C17H28O3/c1-11(18)19-10-13-16(4)8-6-7-15(2,3)12(16)9-14-17(13,5)20-14/h12-14H,6-10H2,1-5H3/t12?,13-,14-,16+,17+/m1/s1. The summed E-state index contributed by atoms with van der Waals surface area (Å²) in [5, 5.41) is 0. The first-order valence-corrected chi connectivity index (χ1v) is 8.01. The van der Waals surface area contributed by atoms with Crippen LogP contribution in [0, 0.1) is 22.7 Å². The molecule has 0 radical (unpaired) electrons. The molecule has 3 heteroatoms. The van der Waals surface area contributed by atoms with Crippen molar-refractivity contribution < 1.29 is 14.3 Å². The van der Waals surface area contributed by atoms with E-state index in [9.17, 15) is 4.79 Å². The molecule has 0 bridgehead atoms. The normalized spacial score (nSPS) is 49.0. The first-order valence-electron chi connectivity index (χ1n) is 8.01. The van der Waals surface area contributed by atoms with Crippen molar-refractivity contribution in [2.75, 3.05) is 6.61 Å². The van der Waals surface area contributed by atoms with Crippen molar-refractivity contribution in [3.8, 4) is 0 Å². The summed E-state index contributed by atoms with van der Waals surface area (Å²) < 4.78 is 11.5. The molecule has 1 saturated heterocycles. The number of epoxide rings is 1. The molecule has 2 saturated carbocycles. The minimum Gasteiger partial charge on any atom is -0.465 e. The quantitative estimate of drug-likeness (QED) is 0.573. The van der Waals surface area contributed by atoms with Crippen LogP contribution < -0.4 is 0 Å². The molecule has 0 amide bonds. The number of fused-ring (bicyclic) bond motifs is 2. The van der Waals surface area contributed by atoms with Gasteiger partial charge in [-0.1, -0.05) is 27.2 Å². The topological polar surface area (TPSA) is 38.8 Å². The first-order chi connectivity index (χ1) is 9.20. The highest BCUT2D eigenvalue weighted by Gasteiger charge is 2.70. The molecule has 3 nitrogen and oxygen atoms in total. The van der Waals surface area contributed by atoms with Gasteiger partial charge in [0.1, 0.15) is 0 Å². The average Bonchev–Trinajstić information content (AvgIpc) is 2.96. The summed E-state index contributed by atoms with van der Waals surface area (Å²) in [6, 6.07) is 0. The van der Waals surface area contributed by atoms with E-state index in [1.807, 2.05) is 0 Å². The van der Waals surface area contributed by atoms with Crippen molar-refractivity contribution in [3.05, 3.63) is 0 Å². The van der Waals surface area contributed by atoms with Gasteiger partial charge in [0, 0.05) is 12.8 Å². The fourth-order valence-electron chi connectivity index (χ4n) is 5.46. The zero-order chi connectivity index (χ0) is 14.8. The van der Waals surface area contributed by atoms with Crippen LogP contribution in [0.4, 0.5) is 0 Å². The third kappa shape index (κ3) is 1.93. The van der Waals surface area contributed by atoms with Crippen LogP contribution in [0.5, 0.6) is 0 Å². The van der Waals surface area contributed by atoms with E-state index in [2.05, 4.69) is 27.7 Å². The molecule has 1 unspecified atom stereocenters. The maximum absolute atomic E-state index is 11.2. The Morgan fingerprint density at radius 3 is 2.60 bits per heavy atom. The lowest BCUT2D eigenvalue weighted by Crippen LogP contribution is -2.55. The van der Waals surface area contributed by atoms with E-state index in [0.717, 1.165) is 0 Å². The predicted molar refractivity (Wildman–Crippen MR) is 77.2 cm³/mol. The minimum absolute atomic E-state index is 0.0614. The number of hydrogen-bond donors (Lipinski definition) is 0. The lowest BCUT2D eigenvalue weighted by molar-refractivity contribution is -0.150. The second-order valence-corrected chi connectivity index (χ2v) is 8.28. The molecule has 1 aliphatic heterocycles. The maximum atomic E-state index is 11.2. The van der Waals surface area contributed by atoms with Gasteiger partial charge in [-0.25, -0.2) is 0 Å². The zero-order valence-electron chi connectivity index (χ0n) is 13.5. The molecular weight excluding hydrogens is 252 g/mol. The van der Waals surface area contributed by atoms with Gasteiger partial charge in [0.15, 0.2) is 0 Å². The molecule has 0 aromatic heterocycles. The highest BCUT2D eigenvalue weighted by molar-refractivity contribution is 5.65. The van der Waals surface area contributed by atoms with E-state index in [-0.39, 0.29) is 17.0 Å². The number of carbonyl (C=O) groups excluding carboxylic acids is 1. The second-order valence-electron chi connectivity index (χ2n) is 8.28. The molecule has 1 heterocycles. The third-order valence-corrected chi connectivity index (χ3v) is 6.65. The summed E-state index contributed by atoms with van der Waals surface area (Å²) in [4.78, 5) is 11.2. The third-order valence-electron chi connectivity index (χ3n) is 6.65. The number of esters is 1. The van der Waals surface area contributed by atoms with E-state index in [1.165, 1.54) is 32.6 Å². The average molecular weight is 280 g/mol. The first kappa shape index (κ1) is 14.4. The van der Waals surface area contributed by atoms with Crippen molar-refractivity contribution in [3.63, 3.8) is 0 Å².